The van der Waals surface area contributed by atoms with Gasteiger partial charge in [-0.25, -0.2) is 0 Å². The van der Waals surface area contributed by atoms with Gasteiger partial charge in [0, 0.05) is 12.6 Å². The van der Waals surface area contributed by atoms with Gasteiger partial charge in [-0.2, -0.15) is 0 Å². The summed E-state index contributed by atoms with van der Waals surface area (Å²) < 4.78 is 6.39. The van der Waals surface area contributed by atoms with E-state index in [0.29, 0.717) is 11.7 Å². The molecule has 3 fully saturated rings. The van der Waals surface area contributed by atoms with Gasteiger partial charge in [-0.15, -0.1) is 0 Å². The van der Waals surface area contributed by atoms with E-state index in [0.717, 1.165) is 24.4 Å². The lowest BCUT2D eigenvalue weighted by Gasteiger charge is -2.34. The van der Waals surface area contributed by atoms with E-state index in [1.807, 2.05) is 0 Å². The van der Waals surface area contributed by atoms with Crippen molar-refractivity contribution in [2.24, 2.45) is 11.8 Å². The average Bonchev–Trinajstić information content (AvgIpc) is 2.99. The van der Waals surface area contributed by atoms with Gasteiger partial charge >= 0.3 is 0 Å². The van der Waals surface area contributed by atoms with Gasteiger partial charge in [-0.3, -0.25) is 0 Å². The maximum atomic E-state index is 6.39. The fraction of sp³-hybridized carbons (Fsp3) is 1.00. The zero-order valence-electron chi connectivity index (χ0n) is 12.8. The molecule has 0 aromatic carbocycles. The normalized spacial score (nSPS) is 42.0. The summed E-state index contributed by atoms with van der Waals surface area (Å²) in [7, 11) is 0. The molecular formula is C17H31NO. The molecule has 3 aliphatic rings. The van der Waals surface area contributed by atoms with E-state index in [-0.39, 0.29) is 0 Å². The molecular weight excluding hydrogens is 234 g/mol. The predicted octanol–water partition coefficient (Wildman–Crippen LogP) is 3.89. The van der Waals surface area contributed by atoms with Gasteiger partial charge < -0.3 is 10.1 Å². The number of nitrogens with one attached hydrogen (secondary N) is 1. The summed E-state index contributed by atoms with van der Waals surface area (Å²) in [5, 5.41) is 3.82. The molecule has 4 atom stereocenters. The fourth-order valence-corrected chi connectivity index (χ4v) is 4.68. The third kappa shape index (κ3) is 3.16. The lowest BCUT2D eigenvalue weighted by atomic mass is 9.80. The van der Waals surface area contributed by atoms with E-state index >= 15 is 0 Å². The third-order valence-corrected chi connectivity index (χ3v) is 5.89. The number of ether oxygens (including phenoxy) is 1. The highest BCUT2D eigenvalue weighted by Gasteiger charge is 2.42. The second kappa shape index (κ2) is 5.73. The van der Waals surface area contributed by atoms with Crippen molar-refractivity contribution in [2.75, 3.05) is 6.54 Å². The SMILES string of the molecule is CC1CCC(NCC2CCC3(CCCC3)O2)C(C)C1. The minimum atomic E-state index is 0.305. The minimum absolute atomic E-state index is 0.305. The first kappa shape index (κ1) is 13.9. The number of rotatable bonds is 3. The molecule has 2 saturated carbocycles. The third-order valence-electron chi connectivity index (χ3n) is 5.89. The van der Waals surface area contributed by atoms with Crippen molar-refractivity contribution in [1.82, 2.24) is 5.32 Å². The molecule has 3 rings (SSSR count). The van der Waals surface area contributed by atoms with Gasteiger partial charge in [-0.05, 0) is 56.8 Å². The van der Waals surface area contributed by atoms with Gasteiger partial charge in [0.25, 0.3) is 0 Å². The van der Waals surface area contributed by atoms with E-state index in [2.05, 4.69) is 19.2 Å². The number of hydrogen-bond donors (Lipinski definition) is 1. The monoisotopic (exact) mass is 265 g/mol. The van der Waals surface area contributed by atoms with Crippen molar-refractivity contribution >= 4 is 0 Å². The van der Waals surface area contributed by atoms with Crippen LogP contribution in [0.3, 0.4) is 0 Å². The van der Waals surface area contributed by atoms with E-state index in [1.165, 1.54) is 57.8 Å². The van der Waals surface area contributed by atoms with Gasteiger partial charge in [0.15, 0.2) is 0 Å². The molecule has 1 heterocycles. The quantitative estimate of drug-likeness (QED) is 0.836. The second-order valence-corrected chi connectivity index (χ2v) is 7.58. The van der Waals surface area contributed by atoms with Crippen LogP contribution in [0.25, 0.3) is 0 Å². The molecule has 110 valence electrons. The molecule has 19 heavy (non-hydrogen) atoms. The largest absolute Gasteiger partial charge is 0.370 e. The van der Waals surface area contributed by atoms with E-state index in [1.54, 1.807) is 0 Å². The van der Waals surface area contributed by atoms with E-state index < -0.39 is 0 Å². The molecule has 0 aromatic rings. The van der Waals surface area contributed by atoms with Crippen LogP contribution in [0.2, 0.25) is 0 Å². The van der Waals surface area contributed by atoms with Crippen molar-refractivity contribution in [1.29, 1.82) is 0 Å². The Hall–Kier alpha value is -0.0800. The van der Waals surface area contributed by atoms with Crippen molar-refractivity contribution < 1.29 is 4.74 Å². The molecule has 1 saturated heterocycles. The van der Waals surface area contributed by atoms with Gasteiger partial charge in [0.05, 0.1) is 11.7 Å². The first-order chi connectivity index (χ1) is 9.17. The van der Waals surface area contributed by atoms with Crippen molar-refractivity contribution in [3.8, 4) is 0 Å². The first-order valence-electron chi connectivity index (χ1n) is 8.58. The molecule has 1 N–H and O–H groups in total. The Bertz CT molecular complexity index is 298. The van der Waals surface area contributed by atoms with Crippen LogP contribution in [0.5, 0.6) is 0 Å². The van der Waals surface area contributed by atoms with Crippen LogP contribution in [-0.4, -0.2) is 24.3 Å². The predicted molar refractivity (Wildman–Crippen MR) is 79.3 cm³/mol. The lowest BCUT2D eigenvalue weighted by molar-refractivity contribution is -0.0368. The Kier molecular flexibility index (Phi) is 4.19. The van der Waals surface area contributed by atoms with Crippen LogP contribution in [-0.2, 0) is 4.74 Å². The average molecular weight is 265 g/mol. The highest BCUT2D eigenvalue weighted by Crippen LogP contribution is 2.43. The first-order valence-corrected chi connectivity index (χ1v) is 8.58. The Balaban J connectivity index is 1.43. The standard InChI is InChI=1S/C17H31NO/c1-13-5-6-16(14(2)11-13)18-12-15-7-10-17(19-15)8-3-4-9-17/h13-16,18H,3-12H2,1-2H3. The molecule has 0 radical (unpaired) electrons. The van der Waals surface area contributed by atoms with Crippen molar-refractivity contribution in [3.05, 3.63) is 0 Å². The Labute approximate surface area is 118 Å². The summed E-state index contributed by atoms with van der Waals surface area (Å²) >= 11 is 0. The smallest absolute Gasteiger partial charge is 0.0708 e. The summed E-state index contributed by atoms with van der Waals surface area (Å²) in [5.41, 5.74) is 0.305. The number of hydrogen-bond acceptors (Lipinski definition) is 2. The van der Waals surface area contributed by atoms with E-state index in [9.17, 15) is 0 Å². The Morgan fingerprint density at radius 3 is 2.58 bits per heavy atom. The van der Waals surface area contributed by atoms with Gasteiger partial charge in [0.2, 0.25) is 0 Å². The highest BCUT2D eigenvalue weighted by atomic mass is 16.5. The minimum Gasteiger partial charge on any atom is -0.370 e. The molecule has 4 unspecified atom stereocenters. The summed E-state index contributed by atoms with van der Waals surface area (Å²) in [5.74, 6) is 1.77. The Morgan fingerprint density at radius 1 is 1.05 bits per heavy atom. The van der Waals surface area contributed by atoms with Crippen LogP contribution in [0.4, 0.5) is 0 Å². The van der Waals surface area contributed by atoms with Crippen LogP contribution in [0.15, 0.2) is 0 Å². The summed E-state index contributed by atoms with van der Waals surface area (Å²) in [6.45, 7) is 5.91. The van der Waals surface area contributed by atoms with Gasteiger partial charge in [-0.1, -0.05) is 26.7 Å². The zero-order valence-corrected chi connectivity index (χ0v) is 12.8. The van der Waals surface area contributed by atoms with Gasteiger partial charge in [0.1, 0.15) is 0 Å². The highest BCUT2D eigenvalue weighted by molar-refractivity contribution is 4.93. The zero-order chi connectivity index (χ0) is 13.3. The maximum Gasteiger partial charge on any atom is 0.0708 e. The summed E-state index contributed by atoms with van der Waals surface area (Å²) in [4.78, 5) is 0. The molecule has 0 aromatic heterocycles. The van der Waals surface area contributed by atoms with Crippen LogP contribution in [0.1, 0.15) is 71.6 Å². The maximum absolute atomic E-state index is 6.39. The molecule has 0 amide bonds. The van der Waals surface area contributed by atoms with E-state index in [4.69, 9.17) is 4.74 Å². The molecule has 2 aliphatic carbocycles. The molecule has 2 nitrogen and oxygen atoms in total. The van der Waals surface area contributed by atoms with Crippen molar-refractivity contribution in [3.63, 3.8) is 0 Å². The fourth-order valence-electron chi connectivity index (χ4n) is 4.68. The summed E-state index contributed by atoms with van der Waals surface area (Å²) in [6.07, 6.45) is 12.7. The van der Waals surface area contributed by atoms with Crippen molar-refractivity contribution in [2.45, 2.75) is 89.4 Å². The molecule has 1 aliphatic heterocycles. The molecule has 1 spiro atoms. The molecule has 0 bridgehead atoms. The lowest BCUT2D eigenvalue weighted by Crippen LogP contribution is -2.43. The van der Waals surface area contributed by atoms with Crippen LogP contribution in [0, 0.1) is 11.8 Å². The Morgan fingerprint density at radius 2 is 1.84 bits per heavy atom. The molecule has 2 heteroatoms. The van der Waals surface area contributed by atoms with Crippen LogP contribution < -0.4 is 5.32 Å². The second-order valence-electron chi connectivity index (χ2n) is 7.58. The summed E-state index contributed by atoms with van der Waals surface area (Å²) in [6, 6.07) is 0.736. The topological polar surface area (TPSA) is 21.3 Å². The van der Waals surface area contributed by atoms with Crippen LogP contribution >= 0.6 is 0 Å².